The monoisotopic (exact) mass is 324 g/mol. The van der Waals surface area contributed by atoms with Crippen molar-refractivity contribution in [1.82, 2.24) is 9.36 Å². The lowest BCUT2D eigenvalue weighted by molar-refractivity contribution is 0.103. The van der Waals surface area contributed by atoms with Crippen molar-refractivity contribution in [1.29, 1.82) is 0 Å². The summed E-state index contributed by atoms with van der Waals surface area (Å²) in [5.74, 6) is 1.28. The lowest BCUT2D eigenvalue weighted by Crippen LogP contribution is -2.06. The fraction of sp³-hybridized carbons (Fsp3) is 0.278. The lowest BCUT2D eigenvalue weighted by Gasteiger charge is -2.12. The zero-order valence-corrected chi connectivity index (χ0v) is 13.8. The van der Waals surface area contributed by atoms with E-state index >= 15 is 0 Å². The molecular weight excluding hydrogens is 308 g/mol. The molecule has 4 nitrogen and oxygen atoms in total. The molecule has 0 radical (unpaired) electrons. The SMILES string of the molecule is Cc1ccc(C(=O)c2cnsc2C2CC2)c(C)c1-c1cnco1. The van der Waals surface area contributed by atoms with Crippen LogP contribution < -0.4 is 0 Å². The molecule has 0 amide bonds. The Morgan fingerprint density at radius 1 is 1.22 bits per heavy atom. The maximum atomic E-state index is 13.0. The molecule has 3 aromatic rings. The van der Waals surface area contributed by atoms with Crippen molar-refractivity contribution in [3.05, 3.63) is 58.1 Å². The topological polar surface area (TPSA) is 56.0 Å². The van der Waals surface area contributed by atoms with E-state index in [1.54, 1.807) is 12.4 Å². The van der Waals surface area contributed by atoms with E-state index in [4.69, 9.17) is 4.42 Å². The number of rotatable bonds is 4. The van der Waals surface area contributed by atoms with Gasteiger partial charge in [-0.2, -0.15) is 0 Å². The quantitative estimate of drug-likeness (QED) is 0.662. The summed E-state index contributed by atoms with van der Waals surface area (Å²) in [5, 5.41) is 0. The molecule has 0 N–H and O–H groups in total. The van der Waals surface area contributed by atoms with Crippen molar-refractivity contribution in [2.24, 2.45) is 0 Å². The van der Waals surface area contributed by atoms with Crippen molar-refractivity contribution >= 4 is 17.3 Å². The molecule has 2 aromatic heterocycles. The molecule has 1 saturated carbocycles. The van der Waals surface area contributed by atoms with Gasteiger partial charge in [0, 0.05) is 16.0 Å². The first-order chi connectivity index (χ1) is 11.2. The first-order valence-corrected chi connectivity index (χ1v) is 8.42. The summed E-state index contributed by atoms with van der Waals surface area (Å²) in [5.41, 5.74) is 4.42. The Morgan fingerprint density at radius 3 is 2.74 bits per heavy atom. The number of aromatic nitrogens is 2. The minimum Gasteiger partial charge on any atom is -0.443 e. The van der Waals surface area contributed by atoms with E-state index in [1.165, 1.54) is 30.8 Å². The van der Waals surface area contributed by atoms with Gasteiger partial charge in [0.25, 0.3) is 0 Å². The third-order valence-corrected chi connectivity index (χ3v) is 5.35. The van der Waals surface area contributed by atoms with E-state index in [9.17, 15) is 4.79 Å². The van der Waals surface area contributed by atoms with E-state index in [-0.39, 0.29) is 5.78 Å². The first-order valence-electron chi connectivity index (χ1n) is 7.65. The zero-order valence-electron chi connectivity index (χ0n) is 13.0. The fourth-order valence-electron chi connectivity index (χ4n) is 3.02. The normalized spacial score (nSPS) is 14.2. The lowest BCUT2D eigenvalue weighted by atomic mass is 9.92. The molecule has 2 heterocycles. The highest BCUT2D eigenvalue weighted by atomic mass is 32.1. The van der Waals surface area contributed by atoms with Crippen LogP contribution in [0.3, 0.4) is 0 Å². The van der Waals surface area contributed by atoms with Crippen LogP contribution in [-0.2, 0) is 0 Å². The van der Waals surface area contributed by atoms with Gasteiger partial charge in [-0.25, -0.2) is 9.36 Å². The third kappa shape index (κ3) is 2.41. The molecule has 0 aliphatic heterocycles. The van der Waals surface area contributed by atoms with Gasteiger partial charge < -0.3 is 4.42 Å². The second kappa shape index (κ2) is 5.42. The minimum atomic E-state index is 0.0546. The van der Waals surface area contributed by atoms with Crippen LogP contribution in [0.15, 0.2) is 35.3 Å². The summed E-state index contributed by atoms with van der Waals surface area (Å²) >= 11 is 1.45. The van der Waals surface area contributed by atoms with E-state index < -0.39 is 0 Å². The fourth-order valence-corrected chi connectivity index (χ4v) is 3.92. The smallest absolute Gasteiger partial charge is 0.196 e. The number of carbonyl (C=O) groups excluding carboxylic acids is 1. The van der Waals surface area contributed by atoms with Crippen LogP contribution in [-0.4, -0.2) is 15.1 Å². The molecule has 1 fully saturated rings. The number of nitrogens with zero attached hydrogens (tertiary/aromatic N) is 2. The Kier molecular flexibility index (Phi) is 3.38. The predicted molar refractivity (Wildman–Crippen MR) is 88.9 cm³/mol. The maximum absolute atomic E-state index is 13.0. The number of aryl methyl sites for hydroxylation is 1. The van der Waals surface area contributed by atoms with Gasteiger partial charge in [0.05, 0.1) is 18.0 Å². The summed E-state index contributed by atoms with van der Waals surface area (Å²) in [7, 11) is 0. The van der Waals surface area contributed by atoms with Crippen molar-refractivity contribution in [3.8, 4) is 11.3 Å². The molecule has 0 atom stereocenters. The molecule has 0 unspecified atom stereocenters. The van der Waals surface area contributed by atoms with Crippen molar-refractivity contribution in [3.63, 3.8) is 0 Å². The Bertz CT molecular complexity index is 877. The number of ketones is 1. The Morgan fingerprint density at radius 2 is 2.04 bits per heavy atom. The van der Waals surface area contributed by atoms with E-state index in [0.717, 1.165) is 27.1 Å². The summed E-state index contributed by atoms with van der Waals surface area (Å²) < 4.78 is 9.69. The van der Waals surface area contributed by atoms with Gasteiger partial charge in [0.2, 0.25) is 0 Å². The standard InChI is InChI=1S/C18H16N2O2S/c1-10-3-6-13(11(2)16(10)15-8-19-9-22-15)17(21)14-7-20-23-18(14)12-4-5-12/h3,6-9,12H,4-5H2,1-2H3. The summed E-state index contributed by atoms with van der Waals surface area (Å²) in [6.45, 7) is 3.98. The van der Waals surface area contributed by atoms with Crippen LogP contribution >= 0.6 is 11.5 Å². The number of hydrogen-bond acceptors (Lipinski definition) is 5. The second-order valence-corrected chi connectivity index (χ2v) is 6.84. The van der Waals surface area contributed by atoms with Gasteiger partial charge in [0.15, 0.2) is 17.9 Å². The van der Waals surface area contributed by atoms with E-state index in [1.807, 2.05) is 26.0 Å². The first kappa shape index (κ1) is 14.3. The summed E-state index contributed by atoms with van der Waals surface area (Å²) in [6.07, 6.45) is 7.15. The number of oxazole rings is 1. The maximum Gasteiger partial charge on any atom is 0.196 e. The van der Waals surface area contributed by atoms with Crippen LogP contribution in [0.1, 0.15) is 50.7 Å². The largest absolute Gasteiger partial charge is 0.443 e. The molecule has 1 aliphatic rings. The highest BCUT2D eigenvalue weighted by molar-refractivity contribution is 7.06. The summed E-state index contributed by atoms with van der Waals surface area (Å²) in [4.78, 5) is 18.2. The Balaban J connectivity index is 1.81. The van der Waals surface area contributed by atoms with Gasteiger partial charge >= 0.3 is 0 Å². The zero-order chi connectivity index (χ0) is 16.0. The number of benzene rings is 1. The second-order valence-electron chi connectivity index (χ2n) is 6.00. The van der Waals surface area contributed by atoms with Gasteiger partial charge in [0.1, 0.15) is 0 Å². The van der Waals surface area contributed by atoms with E-state index in [2.05, 4.69) is 9.36 Å². The van der Waals surface area contributed by atoms with Crippen molar-refractivity contribution in [2.45, 2.75) is 32.6 Å². The molecular formula is C18H16N2O2S. The molecule has 1 aliphatic carbocycles. The van der Waals surface area contributed by atoms with Crippen molar-refractivity contribution < 1.29 is 9.21 Å². The van der Waals surface area contributed by atoms with Gasteiger partial charge in [-0.05, 0) is 55.3 Å². The van der Waals surface area contributed by atoms with Crippen LogP contribution in [0.5, 0.6) is 0 Å². The van der Waals surface area contributed by atoms with Crippen LogP contribution in [0.25, 0.3) is 11.3 Å². The van der Waals surface area contributed by atoms with Gasteiger partial charge in [-0.3, -0.25) is 4.79 Å². The average molecular weight is 324 g/mol. The van der Waals surface area contributed by atoms with Crippen LogP contribution in [0, 0.1) is 13.8 Å². The summed E-state index contributed by atoms with van der Waals surface area (Å²) in [6, 6.07) is 3.87. The molecule has 0 spiro atoms. The van der Waals surface area contributed by atoms with Crippen LogP contribution in [0.2, 0.25) is 0 Å². The molecule has 0 saturated heterocycles. The Hall–Kier alpha value is -2.27. The molecule has 0 bridgehead atoms. The molecule has 5 heteroatoms. The highest BCUT2D eigenvalue weighted by Gasteiger charge is 2.31. The van der Waals surface area contributed by atoms with Crippen LogP contribution in [0.4, 0.5) is 0 Å². The predicted octanol–water partition coefficient (Wildman–Crippen LogP) is 4.52. The molecule has 4 rings (SSSR count). The Labute approximate surface area is 138 Å². The molecule has 116 valence electrons. The van der Waals surface area contributed by atoms with Gasteiger partial charge in [-0.15, -0.1) is 0 Å². The minimum absolute atomic E-state index is 0.0546. The third-order valence-electron chi connectivity index (χ3n) is 4.39. The highest BCUT2D eigenvalue weighted by Crippen LogP contribution is 2.44. The van der Waals surface area contributed by atoms with E-state index in [0.29, 0.717) is 17.2 Å². The molecule has 23 heavy (non-hydrogen) atoms. The van der Waals surface area contributed by atoms with Crippen molar-refractivity contribution in [2.75, 3.05) is 0 Å². The number of carbonyl (C=O) groups is 1. The molecule has 1 aromatic carbocycles. The number of hydrogen-bond donors (Lipinski definition) is 0. The van der Waals surface area contributed by atoms with Gasteiger partial charge in [-0.1, -0.05) is 12.1 Å². The average Bonchev–Trinajstić information content (AvgIpc) is 3.04.